The molecule has 32 heavy (non-hydrogen) atoms. The zero-order valence-electron chi connectivity index (χ0n) is 17.7. The molecule has 3 aromatic heterocycles. The number of hydrogen-bond donors (Lipinski definition) is 1. The summed E-state index contributed by atoms with van der Waals surface area (Å²) in [5.74, 6) is -0.129. The fraction of sp³-hybridized carbons (Fsp3) is 0.250. The molecule has 0 bridgehead atoms. The van der Waals surface area contributed by atoms with Crippen LogP contribution in [0.15, 0.2) is 55.1 Å². The van der Waals surface area contributed by atoms with E-state index in [0.717, 1.165) is 40.0 Å². The molecule has 0 radical (unpaired) electrons. The number of nitrogens with one attached hydrogen (secondary N) is 1. The highest BCUT2D eigenvalue weighted by Crippen LogP contribution is 2.36. The number of aromatic nitrogens is 4. The number of hydrogen-bond acceptors (Lipinski definition) is 4. The second-order valence-electron chi connectivity index (χ2n) is 8.40. The summed E-state index contributed by atoms with van der Waals surface area (Å²) >= 11 is 0. The van der Waals surface area contributed by atoms with E-state index in [1.807, 2.05) is 64.9 Å². The van der Waals surface area contributed by atoms with Crippen LogP contribution in [0.3, 0.4) is 0 Å². The minimum atomic E-state index is -0.392. The number of pyridine rings is 1. The average molecular weight is 426 g/mol. The third kappa shape index (κ3) is 2.76. The summed E-state index contributed by atoms with van der Waals surface area (Å²) in [5.41, 5.74) is 6.36. The van der Waals surface area contributed by atoms with E-state index in [0.29, 0.717) is 25.1 Å². The fourth-order valence-corrected chi connectivity index (χ4v) is 4.87. The Morgan fingerprint density at radius 3 is 2.91 bits per heavy atom. The monoisotopic (exact) mass is 426 g/mol. The Kier molecular flexibility index (Phi) is 4.14. The molecule has 1 atom stereocenters. The second-order valence-corrected chi connectivity index (χ2v) is 8.40. The topological polar surface area (TPSA) is 84.5 Å². The van der Waals surface area contributed by atoms with Crippen molar-refractivity contribution in [3.8, 4) is 22.5 Å². The van der Waals surface area contributed by atoms with Gasteiger partial charge in [-0.1, -0.05) is 12.1 Å². The van der Waals surface area contributed by atoms with Crippen molar-refractivity contribution in [1.29, 1.82) is 0 Å². The molecule has 2 amide bonds. The first-order valence-corrected chi connectivity index (χ1v) is 10.8. The molecule has 6 rings (SSSR count). The van der Waals surface area contributed by atoms with Crippen LogP contribution in [-0.4, -0.2) is 48.5 Å². The number of aryl methyl sites for hydroxylation is 1. The van der Waals surface area contributed by atoms with Crippen LogP contribution in [-0.2, 0) is 18.4 Å². The van der Waals surface area contributed by atoms with Crippen LogP contribution in [0.4, 0.5) is 0 Å². The van der Waals surface area contributed by atoms with Crippen molar-refractivity contribution in [3.05, 3.63) is 66.2 Å². The van der Waals surface area contributed by atoms with Crippen molar-refractivity contribution < 1.29 is 9.59 Å². The standard InChI is InChI=1S/C24H22N6O2/c1-28-14-26-21(22(28)18-12-27-30-10-3-2-5-19(18)30)15-7-8-17-16(11-15)13-29(24(17)32)20-6-4-9-25-23(20)31/h2-3,5,7-8,10-12,14,20H,4,6,9,13H2,1H3,(H,25,31). The highest BCUT2D eigenvalue weighted by Gasteiger charge is 2.37. The zero-order chi connectivity index (χ0) is 21.8. The third-order valence-electron chi connectivity index (χ3n) is 6.46. The molecule has 8 heteroatoms. The molecule has 8 nitrogen and oxygen atoms in total. The van der Waals surface area contributed by atoms with Crippen LogP contribution < -0.4 is 5.32 Å². The molecule has 2 aliphatic rings. The third-order valence-corrected chi connectivity index (χ3v) is 6.46. The summed E-state index contributed by atoms with van der Waals surface area (Å²) in [6, 6.07) is 11.4. The van der Waals surface area contributed by atoms with E-state index in [-0.39, 0.29) is 11.8 Å². The van der Waals surface area contributed by atoms with Crippen molar-refractivity contribution in [2.75, 3.05) is 6.54 Å². The molecule has 5 heterocycles. The quantitative estimate of drug-likeness (QED) is 0.546. The van der Waals surface area contributed by atoms with Gasteiger partial charge in [-0.2, -0.15) is 5.10 Å². The summed E-state index contributed by atoms with van der Waals surface area (Å²) < 4.78 is 3.84. The van der Waals surface area contributed by atoms with Gasteiger partial charge in [-0.15, -0.1) is 0 Å². The maximum atomic E-state index is 13.0. The summed E-state index contributed by atoms with van der Waals surface area (Å²) in [7, 11) is 1.97. The highest BCUT2D eigenvalue weighted by molar-refractivity contribution is 6.02. The van der Waals surface area contributed by atoms with Crippen LogP contribution >= 0.6 is 0 Å². The molecule has 1 N–H and O–H groups in total. The van der Waals surface area contributed by atoms with Gasteiger partial charge in [0.15, 0.2) is 0 Å². The molecule has 160 valence electrons. The molecule has 0 saturated carbocycles. The summed E-state index contributed by atoms with van der Waals surface area (Å²) in [5, 5.41) is 7.35. The summed E-state index contributed by atoms with van der Waals surface area (Å²) in [6.07, 6.45) is 7.17. The van der Waals surface area contributed by atoms with Gasteiger partial charge in [0.2, 0.25) is 5.91 Å². The maximum Gasteiger partial charge on any atom is 0.255 e. The smallest absolute Gasteiger partial charge is 0.255 e. The number of nitrogens with zero attached hydrogens (tertiary/aromatic N) is 5. The minimum Gasteiger partial charge on any atom is -0.354 e. The Morgan fingerprint density at radius 1 is 1.12 bits per heavy atom. The van der Waals surface area contributed by atoms with Crippen molar-refractivity contribution in [1.82, 2.24) is 29.4 Å². The number of rotatable bonds is 3. The lowest BCUT2D eigenvalue weighted by Crippen LogP contribution is -2.50. The molecule has 0 spiro atoms. The number of piperidine rings is 1. The van der Waals surface area contributed by atoms with Crippen molar-refractivity contribution in [3.63, 3.8) is 0 Å². The Hall–Kier alpha value is -3.94. The van der Waals surface area contributed by atoms with Crippen LogP contribution in [0.25, 0.3) is 28.0 Å². The van der Waals surface area contributed by atoms with E-state index < -0.39 is 6.04 Å². The number of fused-ring (bicyclic) bond motifs is 2. The Bertz CT molecular complexity index is 1380. The predicted molar refractivity (Wildman–Crippen MR) is 119 cm³/mol. The van der Waals surface area contributed by atoms with E-state index in [4.69, 9.17) is 0 Å². The van der Waals surface area contributed by atoms with Gasteiger partial charge >= 0.3 is 0 Å². The molecule has 0 aliphatic carbocycles. The number of amides is 2. The van der Waals surface area contributed by atoms with Crippen LogP contribution in [0, 0.1) is 0 Å². The second kappa shape index (κ2) is 7.05. The Morgan fingerprint density at radius 2 is 2.03 bits per heavy atom. The number of imidazole rings is 1. The van der Waals surface area contributed by atoms with E-state index in [1.165, 1.54) is 0 Å². The molecular formula is C24H22N6O2. The van der Waals surface area contributed by atoms with Gasteiger partial charge in [-0.25, -0.2) is 9.50 Å². The first-order chi connectivity index (χ1) is 15.6. The summed E-state index contributed by atoms with van der Waals surface area (Å²) in [6.45, 7) is 1.12. The van der Waals surface area contributed by atoms with Crippen molar-refractivity contribution >= 4 is 17.3 Å². The molecule has 2 aliphatic heterocycles. The lowest BCUT2D eigenvalue weighted by molar-refractivity contribution is -0.127. The minimum absolute atomic E-state index is 0.0577. The number of carbonyl (C=O) groups is 2. The van der Waals surface area contributed by atoms with Gasteiger partial charge in [0.1, 0.15) is 6.04 Å². The van der Waals surface area contributed by atoms with Crippen molar-refractivity contribution in [2.45, 2.75) is 25.4 Å². The van der Waals surface area contributed by atoms with Gasteiger partial charge in [-0.05, 0) is 42.7 Å². The fourth-order valence-electron chi connectivity index (χ4n) is 4.87. The zero-order valence-corrected chi connectivity index (χ0v) is 17.7. The molecule has 1 fully saturated rings. The van der Waals surface area contributed by atoms with Crippen LogP contribution in [0.5, 0.6) is 0 Å². The van der Waals surface area contributed by atoms with Gasteiger partial charge in [0, 0.05) is 43.0 Å². The predicted octanol–water partition coefficient (Wildman–Crippen LogP) is 2.64. The van der Waals surface area contributed by atoms with Crippen molar-refractivity contribution in [2.24, 2.45) is 7.05 Å². The van der Waals surface area contributed by atoms with Gasteiger partial charge in [0.25, 0.3) is 5.91 Å². The Labute approximate surface area is 184 Å². The first-order valence-electron chi connectivity index (χ1n) is 10.8. The molecule has 4 aromatic rings. The Balaban J connectivity index is 1.40. The van der Waals surface area contributed by atoms with Gasteiger partial charge < -0.3 is 14.8 Å². The summed E-state index contributed by atoms with van der Waals surface area (Å²) in [4.78, 5) is 31.7. The SMILES string of the molecule is Cn1cnc(-c2ccc3c(c2)CN(C2CCCNC2=O)C3=O)c1-c1cnn2ccccc12. The largest absolute Gasteiger partial charge is 0.354 e. The number of benzene rings is 1. The number of carbonyl (C=O) groups excluding carboxylic acids is 2. The van der Waals surface area contributed by atoms with Crippen LogP contribution in [0.1, 0.15) is 28.8 Å². The molecular weight excluding hydrogens is 404 g/mol. The normalized spacial score (nSPS) is 18.3. The maximum absolute atomic E-state index is 13.0. The molecule has 1 saturated heterocycles. The van der Waals surface area contributed by atoms with E-state index in [1.54, 1.807) is 11.2 Å². The van der Waals surface area contributed by atoms with E-state index in [2.05, 4.69) is 15.4 Å². The first kappa shape index (κ1) is 18.8. The average Bonchev–Trinajstić information content (AvgIpc) is 3.49. The van der Waals surface area contributed by atoms with E-state index >= 15 is 0 Å². The lowest BCUT2D eigenvalue weighted by Gasteiger charge is -2.30. The van der Waals surface area contributed by atoms with E-state index in [9.17, 15) is 9.59 Å². The molecule has 1 aromatic carbocycles. The molecule has 1 unspecified atom stereocenters. The van der Waals surface area contributed by atoms with Gasteiger partial charge in [-0.3, -0.25) is 9.59 Å². The van der Waals surface area contributed by atoms with Gasteiger partial charge in [0.05, 0.1) is 29.4 Å². The lowest BCUT2D eigenvalue weighted by atomic mass is 10.0. The van der Waals surface area contributed by atoms with Crippen LogP contribution in [0.2, 0.25) is 0 Å². The highest BCUT2D eigenvalue weighted by atomic mass is 16.2.